The van der Waals surface area contributed by atoms with E-state index in [0.29, 0.717) is 45.1 Å². The molecule has 8 heteroatoms. The molecule has 0 aromatic heterocycles. The fraction of sp³-hybridized carbons (Fsp3) is 0.625. The van der Waals surface area contributed by atoms with E-state index >= 15 is 0 Å². The molecule has 0 unspecified atom stereocenters. The second-order valence-corrected chi connectivity index (χ2v) is 7.90. The van der Waals surface area contributed by atoms with E-state index in [9.17, 15) is 8.42 Å². The predicted molar refractivity (Wildman–Crippen MR) is 94.6 cm³/mol. The van der Waals surface area contributed by atoms with Crippen molar-refractivity contribution in [2.75, 3.05) is 50.5 Å². The number of hydrogen-bond donors (Lipinski definition) is 2. The van der Waals surface area contributed by atoms with Crippen LogP contribution in [0.1, 0.15) is 20.3 Å². The standard InChI is InChI=1S/C16H27N3O4S/c1-13(2)23-9-3-6-18-16-5-4-14(12-15(16)17)24(20,21)19-7-10-22-11-8-19/h4-5,12-13,18H,3,6-11,17H2,1-2H3. The van der Waals surface area contributed by atoms with E-state index < -0.39 is 10.0 Å². The number of nitrogen functional groups attached to an aromatic ring is 1. The van der Waals surface area contributed by atoms with Gasteiger partial charge in [0.05, 0.1) is 35.6 Å². The van der Waals surface area contributed by atoms with Crippen LogP contribution in [0, 0.1) is 0 Å². The first-order chi connectivity index (χ1) is 11.4. The lowest BCUT2D eigenvalue weighted by Gasteiger charge is -2.26. The Morgan fingerprint density at radius 1 is 1.33 bits per heavy atom. The van der Waals surface area contributed by atoms with E-state index in [4.69, 9.17) is 15.2 Å². The van der Waals surface area contributed by atoms with E-state index in [2.05, 4.69) is 5.32 Å². The van der Waals surface area contributed by atoms with Crippen molar-refractivity contribution in [3.05, 3.63) is 18.2 Å². The molecule has 0 aliphatic carbocycles. The number of sulfonamides is 1. The van der Waals surface area contributed by atoms with Crippen LogP contribution in [0.4, 0.5) is 11.4 Å². The quantitative estimate of drug-likeness (QED) is 0.541. The highest BCUT2D eigenvalue weighted by molar-refractivity contribution is 7.89. The van der Waals surface area contributed by atoms with Gasteiger partial charge in [-0.1, -0.05) is 0 Å². The van der Waals surface area contributed by atoms with E-state index in [1.54, 1.807) is 12.1 Å². The molecule has 0 radical (unpaired) electrons. The van der Waals surface area contributed by atoms with Gasteiger partial charge in [0.1, 0.15) is 0 Å². The first-order valence-corrected chi connectivity index (χ1v) is 9.68. The van der Waals surface area contributed by atoms with Crippen molar-refractivity contribution in [3.63, 3.8) is 0 Å². The molecule has 1 aliphatic heterocycles. The Hall–Kier alpha value is -1.35. The Kier molecular flexibility index (Phi) is 6.85. The van der Waals surface area contributed by atoms with Crippen LogP contribution in [-0.4, -0.2) is 58.3 Å². The zero-order valence-electron chi connectivity index (χ0n) is 14.3. The van der Waals surface area contributed by atoms with E-state index in [1.807, 2.05) is 13.8 Å². The molecule has 7 nitrogen and oxygen atoms in total. The number of ether oxygens (including phenoxy) is 2. The Balaban J connectivity index is 1.96. The minimum atomic E-state index is -3.51. The Morgan fingerprint density at radius 2 is 2.04 bits per heavy atom. The van der Waals surface area contributed by atoms with Gasteiger partial charge in [0.2, 0.25) is 10.0 Å². The number of nitrogens with zero attached hydrogens (tertiary/aromatic N) is 1. The molecule has 1 aliphatic rings. The van der Waals surface area contributed by atoms with Crippen LogP contribution >= 0.6 is 0 Å². The van der Waals surface area contributed by atoms with Gasteiger partial charge in [0.25, 0.3) is 0 Å². The second kappa shape index (κ2) is 8.66. The van der Waals surface area contributed by atoms with Crippen molar-refractivity contribution in [1.29, 1.82) is 0 Å². The van der Waals surface area contributed by atoms with E-state index in [1.165, 1.54) is 10.4 Å². The first-order valence-electron chi connectivity index (χ1n) is 8.24. The summed E-state index contributed by atoms with van der Waals surface area (Å²) in [5.41, 5.74) is 7.17. The van der Waals surface area contributed by atoms with Gasteiger partial charge in [-0.3, -0.25) is 0 Å². The van der Waals surface area contributed by atoms with Crippen molar-refractivity contribution in [3.8, 4) is 0 Å². The molecule has 1 saturated heterocycles. The highest BCUT2D eigenvalue weighted by atomic mass is 32.2. The van der Waals surface area contributed by atoms with Gasteiger partial charge >= 0.3 is 0 Å². The smallest absolute Gasteiger partial charge is 0.243 e. The molecular weight excluding hydrogens is 330 g/mol. The molecule has 1 aromatic rings. The van der Waals surface area contributed by atoms with Gasteiger partial charge in [-0.05, 0) is 38.5 Å². The van der Waals surface area contributed by atoms with Crippen molar-refractivity contribution >= 4 is 21.4 Å². The summed E-state index contributed by atoms with van der Waals surface area (Å²) in [4.78, 5) is 0.218. The molecule has 1 fully saturated rings. The molecule has 0 atom stereocenters. The average molecular weight is 357 g/mol. The monoisotopic (exact) mass is 357 g/mol. The third kappa shape index (κ3) is 5.07. The lowest BCUT2D eigenvalue weighted by atomic mass is 10.2. The summed E-state index contributed by atoms with van der Waals surface area (Å²) in [5, 5.41) is 3.21. The van der Waals surface area contributed by atoms with Crippen LogP contribution in [0.25, 0.3) is 0 Å². The van der Waals surface area contributed by atoms with Crippen molar-refractivity contribution in [1.82, 2.24) is 4.31 Å². The lowest BCUT2D eigenvalue weighted by Crippen LogP contribution is -2.40. The normalized spacial score (nSPS) is 16.5. The number of nitrogens with two attached hydrogens (primary N) is 1. The number of morpholine rings is 1. The van der Waals surface area contributed by atoms with E-state index in [-0.39, 0.29) is 11.0 Å². The van der Waals surface area contributed by atoms with Crippen LogP contribution in [0.3, 0.4) is 0 Å². The van der Waals surface area contributed by atoms with Crippen LogP contribution in [0.2, 0.25) is 0 Å². The fourth-order valence-corrected chi connectivity index (χ4v) is 3.86. The molecule has 1 heterocycles. The number of hydrogen-bond acceptors (Lipinski definition) is 6. The largest absolute Gasteiger partial charge is 0.397 e. The summed E-state index contributed by atoms with van der Waals surface area (Å²) in [6.45, 7) is 6.98. The molecule has 24 heavy (non-hydrogen) atoms. The van der Waals surface area contributed by atoms with Gasteiger partial charge in [-0.25, -0.2) is 8.42 Å². The lowest BCUT2D eigenvalue weighted by molar-refractivity contribution is 0.0730. The van der Waals surface area contributed by atoms with Crippen LogP contribution in [0.5, 0.6) is 0 Å². The van der Waals surface area contributed by atoms with Gasteiger partial charge in [0, 0.05) is 26.2 Å². The maximum Gasteiger partial charge on any atom is 0.243 e. The summed E-state index contributed by atoms with van der Waals surface area (Å²) < 4.78 is 37.3. The number of rotatable bonds is 8. The van der Waals surface area contributed by atoms with Gasteiger partial charge in [0.15, 0.2) is 0 Å². The third-order valence-electron chi connectivity index (χ3n) is 3.72. The second-order valence-electron chi connectivity index (χ2n) is 5.97. The van der Waals surface area contributed by atoms with Crippen LogP contribution in [0.15, 0.2) is 23.1 Å². The van der Waals surface area contributed by atoms with E-state index in [0.717, 1.165) is 12.1 Å². The number of anilines is 2. The highest BCUT2D eigenvalue weighted by Crippen LogP contribution is 2.25. The highest BCUT2D eigenvalue weighted by Gasteiger charge is 2.26. The van der Waals surface area contributed by atoms with Gasteiger partial charge in [-0.15, -0.1) is 0 Å². The minimum Gasteiger partial charge on any atom is -0.397 e. The van der Waals surface area contributed by atoms with Crippen LogP contribution in [-0.2, 0) is 19.5 Å². The number of benzene rings is 1. The summed E-state index contributed by atoms with van der Waals surface area (Å²) >= 11 is 0. The zero-order chi connectivity index (χ0) is 17.6. The zero-order valence-corrected chi connectivity index (χ0v) is 15.1. The fourth-order valence-electron chi connectivity index (χ4n) is 2.41. The minimum absolute atomic E-state index is 0.218. The molecule has 2 rings (SSSR count). The topological polar surface area (TPSA) is 93.9 Å². The predicted octanol–water partition coefficient (Wildman–Crippen LogP) is 1.52. The van der Waals surface area contributed by atoms with Crippen molar-refractivity contribution < 1.29 is 17.9 Å². The third-order valence-corrected chi connectivity index (χ3v) is 5.61. The molecule has 3 N–H and O–H groups in total. The molecule has 0 saturated carbocycles. The van der Waals surface area contributed by atoms with Gasteiger partial charge in [-0.2, -0.15) is 4.31 Å². The molecule has 0 amide bonds. The Bertz CT molecular complexity index is 628. The van der Waals surface area contributed by atoms with Crippen LogP contribution < -0.4 is 11.1 Å². The Morgan fingerprint density at radius 3 is 2.67 bits per heavy atom. The summed E-state index contributed by atoms with van der Waals surface area (Å²) in [7, 11) is -3.51. The van der Waals surface area contributed by atoms with Crippen molar-refractivity contribution in [2.24, 2.45) is 0 Å². The average Bonchev–Trinajstić information content (AvgIpc) is 2.56. The first kappa shape index (κ1) is 19.0. The molecular formula is C16H27N3O4S. The SMILES string of the molecule is CC(C)OCCCNc1ccc(S(=O)(=O)N2CCOCC2)cc1N. The van der Waals surface area contributed by atoms with Crippen molar-refractivity contribution in [2.45, 2.75) is 31.3 Å². The molecule has 136 valence electrons. The summed E-state index contributed by atoms with van der Waals surface area (Å²) in [6, 6.07) is 4.82. The molecule has 0 spiro atoms. The molecule has 0 bridgehead atoms. The number of nitrogens with one attached hydrogen (secondary N) is 1. The maximum absolute atomic E-state index is 12.6. The summed E-state index contributed by atoms with van der Waals surface area (Å²) in [5.74, 6) is 0. The molecule has 1 aromatic carbocycles. The summed E-state index contributed by atoms with van der Waals surface area (Å²) in [6.07, 6.45) is 1.07. The van der Waals surface area contributed by atoms with Gasteiger partial charge < -0.3 is 20.5 Å². The maximum atomic E-state index is 12.6. The Labute approximate surface area is 144 Å².